The van der Waals surface area contributed by atoms with Gasteiger partial charge in [-0.15, -0.1) is 0 Å². The topological polar surface area (TPSA) is 29.1 Å². The van der Waals surface area contributed by atoms with Crippen LogP contribution in [-0.2, 0) is 4.79 Å². The average Bonchev–Trinajstić information content (AvgIpc) is 2.61. The molecule has 1 amide bonds. The molecule has 0 radical (unpaired) electrons. The Morgan fingerprint density at radius 2 is 0.875 bits per heavy atom. The van der Waals surface area contributed by atoms with Crippen molar-refractivity contribution >= 4 is 6.41 Å². The molecular formula is C22H51NO. The van der Waals surface area contributed by atoms with Crippen LogP contribution in [-0.4, -0.2) is 13.0 Å². The zero-order chi connectivity index (χ0) is 19.3. The van der Waals surface area contributed by atoms with Crippen LogP contribution >= 0.6 is 0 Å². The van der Waals surface area contributed by atoms with Crippen LogP contribution in [0.3, 0.4) is 0 Å². The second-order valence-electron chi connectivity index (χ2n) is 5.96. The lowest BCUT2D eigenvalue weighted by atomic mass is 10.1. The lowest BCUT2D eigenvalue weighted by Crippen LogP contribution is -2.11. The van der Waals surface area contributed by atoms with Gasteiger partial charge in [-0.3, -0.25) is 4.79 Å². The summed E-state index contributed by atoms with van der Waals surface area (Å²) < 4.78 is 0. The van der Waals surface area contributed by atoms with Crippen LogP contribution in [0, 0.1) is 0 Å². The first-order valence-corrected chi connectivity index (χ1v) is 10.9. The van der Waals surface area contributed by atoms with Gasteiger partial charge in [0.15, 0.2) is 0 Å². The molecule has 0 bridgehead atoms. The van der Waals surface area contributed by atoms with Gasteiger partial charge < -0.3 is 5.32 Å². The summed E-state index contributed by atoms with van der Waals surface area (Å²) in [7, 11) is 0. The molecule has 0 heterocycles. The molecule has 0 aromatic heterocycles. The number of carbonyl (C=O) groups excluding carboxylic acids is 1. The minimum absolute atomic E-state index is 0.764. The van der Waals surface area contributed by atoms with E-state index < -0.39 is 0 Å². The van der Waals surface area contributed by atoms with E-state index in [0.29, 0.717) is 0 Å². The van der Waals surface area contributed by atoms with Gasteiger partial charge in [-0.05, 0) is 6.42 Å². The summed E-state index contributed by atoms with van der Waals surface area (Å²) in [6.07, 6.45) is 18.3. The second kappa shape index (κ2) is 43.3. The summed E-state index contributed by atoms with van der Waals surface area (Å²) in [4.78, 5) is 9.78. The van der Waals surface area contributed by atoms with Gasteiger partial charge in [0, 0.05) is 6.54 Å². The Labute approximate surface area is 155 Å². The maximum Gasteiger partial charge on any atom is 0.207 e. The Kier molecular flexibility index (Phi) is 56.4. The Hall–Kier alpha value is -0.530. The lowest BCUT2D eigenvalue weighted by Gasteiger charge is -1.97. The third-order valence-electron chi connectivity index (χ3n) is 3.22. The molecule has 0 aromatic carbocycles. The normalized spacial score (nSPS) is 8.62. The van der Waals surface area contributed by atoms with Gasteiger partial charge in [-0.25, -0.2) is 0 Å². The van der Waals surface area contributed by atoms with E-state index in [9.17, 15) is 4.79 Å². The first-order valence-electron chi connectivity index (χ1n) is 10.9. The van der Waals surface area contributed by atoms with Gasteiger partial charge in [-0.2, -0.15) is 0 Å². The SMILES string of the molecule is CC.CCC.CCCCCCCCC.CCCCCCCNC=O. The van der Waals surface area contributed by atoms with Crippen LogP contribution < -0.4 is 5.32 Å². The minimum atomic E-state index is 0.764. The third-order valence-corrected chi connectivity index (χ3v) is 3.22. The molecule has 0 rings (SSSR count). The number of carbonyl (C=O) groups is 1. The highest BCUT2D eigenvalue weighted by molar-refractivity contribution is 5.45. The fourth-order valence-electron chi connectivity index (χ4n) is 1.92. The van der Waals surface area contributed by atoms with Crippen molar-refractivity contribution in [2.75, 3.05) is 6.54 Å². The van der Waals surface area contributed by atoms with Crippen molar-refractivity contribution in [3.63, 3.8) is 0 Å². The van der Waals surface area contributed by atoms with E-state index in [0.717, 1.165) is 19.4 Å². The number of rotatable bonds is 13. The molecule has 0 aliphatic carbocycles. The number of amides is 1. The van der Waals surface area contributed by atoms with Gasteiger partial charge in [0.1, 0.15) is 0 Å². The van der Waals surface area contributed by atoms with Gasteiger partial charge >= 0.3 is 0 Å². The van der Waals surface area contributed by atoms with Crippen molar-refractivity contribution in [3.05, 3.63) is 0 Å². The Morgan fingerprint density at radius 1 is 0.583 bits per heavy atom. The van der Waals surface area contributed by atoms with Gasteiger partial charge in [0.2, 0.25) is 6.41 Å². The molecule has 0 aliphatic rings. The quantitative estimate of drug-likeness (QED) is 0.267. The highest BCUT2D eigenvalue weighted by Gasteiger charge is 1.86. The molecule has 150 valence electrons. The summed E-state index contributed by atoms with van der Waals surface area (Å²) in [6, 6.07) is 0. The molecule has 0 aromatic rings. The Balaban J connectivity index is -0.000000132. The third kappa shape index (κ3) is 57.9. The first-order chi connectivity index (χ1) is 11.7. The van der Waals surface area contributed by atoms with Crippen LogP contribution in [0.4, 0.5) is 0 Å². The fraction of sp³-hybridized carbons (Fsp3) is 0.955. The smallest absolute Gasteiger partial charge is 0.207 e. The summed E-state index contributed by atoms with van der Waals surface area (Å²) in [5.74, 6) is 0. The first kappa shape index (κ1) is 31.3. The van der Waals surface area contributed by atoms with Crippen molar-refractivity contribution in [1.29, 1.82) is 0 Å². The average molecular weight is 346 g/mol. The lowest BCUT2D eigenvalue weighted by molar-refractivity contribution is -0.109. The zero-order valence-corrected chi connectivity index (χ0v) is 18.4. The van der Waals surface area contributed by atoms with Crippen molar-refractivity contribution in [2.24, 2.45) is 0 Å². The van der Waals surface area contributed by atoms with Crippen LogP contribution in [0.1, 0.15) is 132 Å². The Morgan fingerprint density at radius 3 is 1.17 bits per heavy atom. The molecule has 0 saturated carbocycles. The second-order valence-corrected chi connectivity index (χ2v) is 5.96. The number of hydrogen-bond donors (Lipinski definition) is 1. The predicted octanol–water partition coefficient (Wildman–Crippen LogP) is 7.90. The van der Waals surface area contributed by atoms with Crippen molar-refractivity contribution < 1.29 is 4.79 Å². The number of unbranched alkanes of at least 4 members (excludes halogenated alkanes) is 10. The van der Waals surface area contributed by atoms with Crippen molar-refractivity contribution in [2.45, 2.75) is 132 Å². The van der Waals surface area contributed by atoms with E-state index in [-0.39, 0.29) is 0 Å². The molecule has 0 aliphatic heterocycles. The molecule has 0 atom stereocenters. The largest absolute Gasteiger partial charge is 0.359 e. The molecule has 24 heavy (non-hydrogen) atoms. The van der Waals surface area contributed by atoms with E-state index in [1.165, 1.54) is 77.0 Å². The molecule has 2 nitrogen and oxygen atoms in total. The summed E-state index contributed by atoms with van der Waals surface area (Å²) in [5, 5.41) is 2.64. The number of hydrogen-bond acceptors (Lipinski definition) is 1. The van der Waals surface area contributed by atoms with E-state index >= 15 is 0 Å². The maximum absolute atomic E-state index is 9.78. The number of nitrogens with one attached hydrogen (secondary N) is 1. The van der Waals surface area contributed by atoms with E-state index in [4.69, 9.17) is 0 Å². The van der Waals surface area contributed by atoms with E-state index in [1.807, 2.05) is 13.8 Å². The van der Waals surface area contributed by atoms with E-state index in [1.54, 1.807) is 0 Å². The highest BCUT2D eigenvalue weighted by atomic mass is 16.1. The monoisotopic (exact) mass is 345 g/mol. The summed E-state index contributed by atoms with van der Waals surface area (Å²) in [6.45, 7) is 15.8. The van der Waals surface area contributed by atoms with Crippen LogP contribution in [0.15, 0.2) is 0 Å². The van der Waals surface area contributed by atoms with Gasteiger partial charge in [0.05, 0.1) is 0 Å². The van der Waals surface area contributed by atoms with Gasteiger partial charge in [-0.1, -0.05) is 126 Å². The highest BCUT2D eigenvalue weighted by Crippen LogP contribution is 2.05. The predicted molar refractivity (Wildman–Crippen MR) is 114 cm³/mol. The van der Waals surface area contributed by atoms with Crippen molar-refractivity contribution in [1.82, 2.24) is 5.32 Å². The molecular weight excluding hydrogens is 294 g/mol. The molecule has 0 spiro atoms. The zero-order valence-electron chi connectivity index (χ0n) is 18.4. The van der Waals surface area contributed by atoms with E-state index in [2.05, 4.69) is 39.9 Å². The van der Waals surface area contributed by atoms with Crippen LogP contribution in [0.2, 0.25) is 0 Å². The Bertz CT molecular complexity index is 154. The molecule has 0 unspecified atom stereocenters. The van der Waals surface area contributed by atoms with Crippen LogP contribution in [0.5, 0.6) is 0 Å². The minimum Gasteiger partial charge on any atom is -0.359 e. The fourth-order valence-corrected chi connectivity index (χ4v) is 1.92. The maximum atomic E-state index is 9.78. The molecule has 2 heteroatoms. The van der Waals surface area contributed by atoms with Gasteiger partial charge in [0.25, 0.3) is 0 Å². The standard InChI is InChI=1S/C9H20.C8H17NO.C3H8.C2H6/c1-3-5-7-9-8-6-4-2;1-2-3-4-5-6-7-9-8-10;1-3-2;1-2/h3-9H2,1-2H3;8H,2-7H2,1H3,(H,9,10);3H2,1-2H3;1-2H3. The molecule has 0 fully saturated rings. The summed E-state index contributed by atoms with van der Waals surface area (Å²) >= 11 is 0. The van der Waals surface area contributed by atoms with Crippen LogP contribution in [0.25, 0.3) is 0 Å². The van der Waals surface area contributed by atoms with Crippen molar-refractivity contribution in [3.8, 4) is 0 Å². The molecule has 0 saturated heterocycles. The molecule has 1 N–H and O–H groups in total. The summed E-state index contributed by atoms with van der Waals surface area (Å²) in [5.41, 5.74) is 0.